The Morgan fingerprint density at radius 2 is 1.79 bits per heavy atom. The summed E-state index contributed by atoms with van der Waals surface area (Å²) >= 11 is 3.53. The fourth-order valence-electron chi connectivity index (χ4n) is 4.75. The van der Waals surface area contributed by atoms with E-state index < -0.39 is 17.6 Å². The molecule has 5 rings (SSSR count). The van der Waals surface area contributed by atoms with E-state index in [0.29, 0.717) is 41.2 Å². The molecule has 3 aromatic carbocycles. The third-order valence-corrected chi connectivity index (χ3v) is 7.15. The molecule has 1 amide bonds. The molecule has 0 saturated carbocycles. The molecule has 0 N–H and O–H groups in total. The summed E-state index contributed by atoms with van der Waals surface area (Å²) in [7, 11) is 1.32. The maximum absolute atomic E-state index is 14.3. The molecule has 9 heteroatoms. The van der Waals surface area contributed by atoms with Gasteiger partial charge < -0.3 is 18.9 Å². The SMILES string of the molecule is COC(=O)c1cc(N2CCCC2=O)cc(-n2c(C)ccc2-c2cc(Br)ccc2OCc2ccc(F)cc2F)c1. The minimum Gasteiger partial charge on any atom is -0.488 e. The number of benzene rings is 3. The van der Waals surface area contributed by atoms with Crippen molar-refractivity contribution in [3.8, 4) is 22.7 Å². The van der Waals surface area contributed by atoms with Crippen LogP contribution in [0.15, 0.2) is 71.2 Å². The van der Waals surface area contributed by atoms with E-state index in [0.717, 1.165) is 28.3 Å². The number of amides is 1. The lowest BCUT2D eigenvalue weighted by atomic mass is 10.1. The van der Waals surface area contributed by atoms with Crippen molar-refractivity contribution >= 4 is 33.5 Å². The zero-order chi connectivity index (χ0) is 27.7. The first-order valence-corrected chi connectivity index (χ1v) is 13.1. The molecule has 2 heterocycles. The molecule has 0 spiro atoms. The molecule has 39 heavy (non-hydrogen) atoms. The van der Waals surface area contributed by atoms with Gasteiger partial charge in [-0.1, -0.05) is 15.9 Å². The summed E-state index contributed by atoms with van der Waals surface area (Å²) in [5.74, 6) is -1.36. The van der Waals surface area contributed by atoms with Crippen LogP contribution in [0, 0.1) is 18.6 Å². The third kappa shape index (κ3) is 5.45. The van der Waals surface area contributed by atoms with Gasteiger partial charge in [0, 0.05) is 51.7 Å². The molecule has 0 bridgehead atoms. The van der Waals surface area contributed by atoms with Crippen LogP contribution in [0.4, 0.5) is 14.5 Å². The fourth-order valence-corrected chi connectivity index (χ4v) is 5.11. The topological polar surface area (TPSA) is 60.8 Å². The lowest BCUT2D eigenvalue weighted by Crippen LogP contribution is -2.24. The summed E-state index contributed by atoms with van der Waals surface area (Å²) < 4.78 is 41.4. The van der Waals surface area contributed by atoms with Gasteiger partial charge in [-0.2, -0.15) is 0 Å². The number of hydrogen-bond donors (Lipinski definition) is 0. The number of carbonyl (C=O) groups is 2. The van der Waals surface area contributed by atoms with Crippen LogP contribution in [0.5, 0.6) is 5.75 Å². The molecule has 200 valence electrons. The number of ether oxygens (including phenoxy) is 2. The molecule has 0 radical (unpaired) electrons. The van der Waals surface area contributed by atoms with Gasteiger partial charge in [0.15, 0.2) is 0 Å². The highest BCUT2D eigenvalue weighted by atomic mass is 79.9. The minimum atomic E-state index is -0.684. The average molecular weight is 595 g/mol. The number of aryl methyl sites for hydroxylation is 1. The standard InChI is InChI=1S/C30H25BrF2N2O4/c1-18-5-9-27(25-14-21(31)7-10-28(25)39-17-19-6-8-22(32)15-26(19)33)35(18)24-13-20(30(37)38-2)12-23(16-24)34-11-3-4-29(34)36/h5-10,12-16H,3-4,11,17H2,1-2H3. The molecular weight excluding hydrogens is 570 g/mol. The van der Waals surface area contributed by atoms with Crippen molar-refractivity contribution in [1.82, 2.24) is 4.57 Å². The third-order valence-electron chi connectivity index (χ3n) is 6.66. The van der Waals surface area contributed by atoms with E-state index in [2.05, 4.69) is 15.9 Å². The van der Waals surface area contributed by atoms with Crippen molar-refractivity contribution in [2.75, 3.05) is 18.6 Å². The Morgan fingerprint density at radius 1 is 1.00 bits per heavy atom. The van der Waals surface area contributed by atoms with E-state index >= 15 is 0 Å². The van der Waals surface area contributed by atoms with Crippen LogP contribution < -0.4 is 9.64 Å². The smallest absolute Gasteiger partial charge is 0.337 e. The largest absolute Gasteiger partial charge is 0.488 e. The second kappa shape index (κ2) is 11.0. The van der Waals surface area contributed by atoms with E-state index in [1.54, 1.807) is 23.1 Å². The van der Waals surface area contributed by atoms with Crippen molar-refractivity contribution in [3.63, 3.8) is 0 Å². The molecule has 0 aliphatic carbocycles. The van der Waals surface area contributed by atoms with Crippen LogP contribution in [0.25, 0.3) is 16.9 Å². The van der Waals surface area contributed by atoms with Crippen molar-refractivity contribution in [2.24, 2.45) is 0 Å². The number of anilines is 1. The number of carbonyl (C=O) groups excluding carboxylic acids is 2. The first-order chi connectivity index (χ1) is 18.7. The molecule has 0 unspecified atom stereocenters. The van der Waals surface area contributed by atoms with Gasteiger partial charge in [-0.25, -0.2) is 13.6 Å². The normalized spacial score (nSPS) is 13.2. The van der Waals surface area contributed by atoms with Gasteiger partial charge in [-0.05, 0) is 74.0 Å². The number of nitrogens with zero attached hydrogens (tertiary/aromatic N) is 2. The molecule has 1 aliphatic rings. The average Bonchev–Trinajstić information content (AvgIpc) is 3.53. The zero-order valence-electron chi connectivity index (χ0n) is 21.3. The summed E-state index contributed by atoms with van der Waals surface area (Å²) in [6.07, 6.45) is 1.21. The first kappa shape index (κ1) is 26.6. The van der Waals surface area contributed by atoms with E-state index in [1.807, 2.05) is 41.8 Å². The van der Waals surface area contributed by atoms with Gasteiger partial charge in [0.25, 0.3) is 0 Å². The van der Waals surface area contributed by atoms with E-state index in [9.17, 15) is 18.4 Å². The summed E-state index contributed by atoms with van der Waals surface area (Å²) in [5, 5.41) is 0. The highest BCUT2D eigenvalue weighted by Gasteiger charge is 2.25. The van der Waals surface area contributed by atoms with E-state index in [4.69, 9.17) is 9.47 Å². The summed E-state index contributed by atoms with van der Waals surface area (Å²) in [6.45, 7) is 2.41. The van der Waals surface area contributed by atoms with Crippen molar-refractivity contribution in [3.05, 3.63) is 99.7 Å². The number of aromatic nitrogens is 1. The van der Waals surface area contributed by atoms with Crippen molar-refractivity contribution < 1.29 is 27.8 Å². The molecular formula is C30H25BrF2N2O4. The van der Waals surface area contributed by atoms with Crippen LogP contribution in [0.3, 0.4) is 0 Å². The maximum Gasteiger partial charge on any atom is 0.337 e. The van der Waals surface area contributed by atoms with Gasteiger partial charge >= 0.3 is 5.97 Å². The molecule has 1 saturated heterocycles. The quantitative estimate of drug-likeness (QED) is 0.216. The molecule has 1 fully saturated rings. The van der Waals surface area contributed by atoms with Crippen LogP contribution in [0.2, 0.25) is 0 Å². The number of esters is 1. The van der Waals surface area contributed by atoms with Gasteiger partial charge in [0.1, 0.15) is 24.0 Å². The number of halogens is 3. The van der Waals surface area contributed by atoms with Crippen molar-refractivity contribution in [2.45, 2.75) is 26.4 Å². The number of methoxy groups -OCH3 is 1. The second-order valence-corrected chi connectivity index (χ2v) is 10.2. The number of rotatable bonds is 7. The maximum atomic E-state index is 14.3. The highest BCUT2D eigenvalue weighted by molar-refractivity contribution is 9.10. The van der Waals surface area contributed by atoms with Gasteiger partial charge in [-0.3, -0.25) is 4.79 Å². The monoisotopic (exact) mass is 594 g/mol. The van der Waals surface area contributed by atoms with Crippen LogP contribution in [-0.4, -0.2) is 30.1 Å². The molecule has 1 aliphatic heterocycles. The first-order valence-electron chi connectivity index (χ1n) is 12.3. The fraction of sp³-hybridized carbons (Fsp3) is 0.200. The summed E-state index contributed by atoms with van der Waals surface area (Å²) in [4.78, 5) is 26.8. The predicted molar refractivity (Wildman–Crippen MR) is 147 cm³/mol. The Balaban J connectivity index is 1.60. The Labute approximate surface area is 232 Å². The highest BCUT2D eigenvalue weighted by Crippen LogP contribution is 2.37. The molecule has 4 aromatic rings. The Kier molecular flexibility index (Phi) is 7.52. The molecule has 0 atom stereocenters. The van der Waals surface area contributed by atoms with Crippen molar-refractivity contribution in [1.29, 1.82) is 0 Å². The summed E-state index contributed by atoms with van der Waals surface area (Å²) in [6, 6.07) is 18.0. The molecule has 6 nitrogen and oxygen atoms in total. The van der Waals surface area contributed by atoms with Gasteiger partial charge in [-0.15, -0.1) is 0 Å². The van der Waals surface area contributed by atoms with Gasteiger partial charge in [0.05, 0.1) is 18.4 Å². The zero-order valence-corrected chi connectivity index (χ0v) is 22.9. The Bertz CT molecular complexity index is 1580. The predicted octanol–water partition coefficient (Wildman–Crippen LogP) is 6.99. The lowest BCUT2D eigenvalue weighted by molar-refractivity contribution is -0.117. The Morgan fingerprint density at radius 3 is 2.51 bits per heavy atom. The van der Waals surface area contributed by atoms with Crippen LogP contribution >= 0.6 is 15.9 Å². The minimum absolute atomic E-state index is 0.00289. The van der Waals surface area contributed by atoms with Crippen LogP contribution in [0.1, 0.15) is 34.5 Å². The molecule has 1 aromatic heterocycles. The lowest BCUT2D eigenvalue weighted by Gasteiger charge is -2.21. The van der Waals surface area contributed by atoms with E-state index in [-0.39, 0.29) is 18.1 Å². The number of hydrogen-bond acceptors (Lipinski definition) is 4. The second-order valence-electron chi connectivity index (χ2n) is 9.24. The van der Waals surface area contributed by atoms with Crippen LogP contribution in [-0.2, 0) is 16.1 Å². The summed E-state index contributed by atoms with van der Waals surface area (Å²) in [5.41, 5.74) is 4.17. The Hall–Kier alpha value is -3.98. The van der Waals surface area contributed by atoms with Gasteiger partial charge in [0.2, 0.25) is 5.91 Å². The van der Waals surface area contributed by atoms with E-state index in [1.165, 1.54) is 19.2 Å².